The third-order valence-electron chi connectivity index (χ3n) is 2.55. The molecule has 0 radical (unpaired) electrons. The van der Waals surface area contributed by atoms with Gasteiger partial charge in [-0.25, -0.2) is 4.98 Å². The number of nitrogens with zero attached hydrogens (tertiary/aromatic N) is 3. The molecule has 0 aliphatic carbocycles. The average molecular weight is 311 g/mol. The van der Waals surface area contributed by atoms with Gasteiger partial charge in [-0.3, -0.25) is 10.1 Å². The standard InChI is InChI=1S/C12H11ClN4O2S/c1-7-10(17(18)19)11(16-12(13)14-7)15-8-4-3-5-9(6-8)20-2/h3-6H,1-2H3,(H,14,15,16). The number of nitrogens with one attached hydrogen (secondary N) is 1. The summed E-state index contributed by atoms with van der Waals surface area (Å²) >= 11 is 7.34. The highest BCUT2D eigenvalue weighted by Gasteiger charge is 2.21. The van der Waals surface area contributed by atoms with Gasteiger partial charge in [0.15, 0.2) is 0 Å². The molecule has 6 nitrogen and oxygen atoms in total. The Morgan fingerprint density at radius 3 is 2.80 bits per heavy atom. The summed E-state index contributed by atoms with van der Waals surface area (Å²) in [5, 5.41) is 14.0. The molecule has 0 fully saturated rings. The highest BCUT2D eigenvalue weighted by molar-refractivity contribution is 7.98. The van der Waals surface area contributed by atoms with Gasteiger partial charge < -0.3 is 5.32 Å². The summed E-state index contributed by atoms with van der Waals surface area (Å²) in [5.41, 5.74) is 0.747. The third-order valence-corrected chi connectivity index (χ3v) is 3.44. The molecule has 20 heavy (non-hydrogen) atoms. The van der Waals surface area contributed by atoms with Gasteiger partial charge in [0, 0.05) is 10.6 Å². The van der Waals surface area contributed by atoms with Gasteiger partial charge in [-0.15, -0.1) is 11.8 Å². The maximum Gasteiger partial charge on any atom is 0.332 e. The largest absolute Gasteiger partial charge is 0.334 e. The van der Waals surface area contributed by atoms with Crippen molar-refractivity contribution in [3.8, 4) is 0 Å². The lowest BCUT2D eigenvalue weighted by Crippen LogP contribution is -2.04. The highest BCUT2D eigenvalue weighted by atomic mass is 35.5. The maximum atomic E-state index is 11.1. The smallest absolute Gasteiger partial charge is 0.332 e. The van der Waals surface area contributed by atoms with Crippen LogP contribution in [0.25, 0.3) is 0 Å². The summed E-state index contributed by atoms with van der Waals surface area (Å²) in [7, 11) is 0. The number of halogens is 1. The van der Waals surface area contributed by atoms with Crippen molar-refractivity contribution in [1.82, 2.24) is 9.97 Å². The molecular weight excluding hydrogens is 300 g/mol. The number of nitro groups is 1. The molecule has 104 valence electrons. The second-order valence-corrected chi connectivity index (χ2v) is 5.11. The first-order valence-electron chi connectivity index (χ1n) is 5.61. The molecule has 0 aliphatic rings. The predicted molar refractivity (Wildman–Crippen MR) is 79.9 cm³/mol. The number of benzene rings is 1. The van der Waals surface area contributed by atoms with Crippen LogP contribution in [0.5, 0.6) is 0 Å². The zero-order valence-corrected chi connectivity index (χ0v) is 12.3. The minimum atomic E-state index is -0.521. The van der Waals surface area contributed by atoms with Crippen molar-refractivity contribution in [2.75, 3.05) is 11.6 Å². The summed E-state index contributed by atoms with van der Waals surface area (Å²) in [5.74, 6) is 0.0887. The monoisotopic (exact) mass is 310 g/mol. The Bertz CT molecular complexity index is 666. The molecule has 1 N–H and O–H groups in total. The third kappa shape index (κ3) is 3.17. The van der Waals surface area contributed by atoms with Crippen molar-refractivity contribution in [2.24, 2.45) is 0 Å². The number of anilines is 2. The van der Waals surface area contributed by atoms with E-state index in [0.29, 0.717) is 5.69 Å². The van der Waals surface area contributed by atoms with Crippen LogP contribution in [0.1, 0.15) is 5.69 Å². The van der Waals surface area contributed by atoms with Gasteiger partial charge in [0.2, 0.25) is 11.1 Å². The first-order valence-corrected chi connectivity index (χ1v) is 7.21. The van der Waals surface area contributed by atoms with Gasteiger partial charge in [-0.2, -0.15) is 4.98 Å². The first-order chi connectivity index (χ1) is 9.51. The van der Waals surface area contributed by atoms with Crippen LogP contribution >= 0.6 is 23.4 Å². The predicted octanol–water partition coefficient (Wildman–Crippen LogP) is 3.81. The van der Waals surface area contributed by atoms with Gasteiger partial charge in [0.1, 0.15) is 5.69 Å². The van der Waals surface area contributed by atoms with Crippen molar-refractivity contribution >= 4 is 40.6 Å². The van der Waals surface area contributed by atoms with E-state index in [2.05, 4.69) is 15.3 Å². The van der Waals surface area contributed by atoms with Crippen LogP contribution < -0.4 is 5.32 Å². The molecule has 0 unspecified atom stereocenters. The quantitative estimate of drug-likeness (QED) is 0.400. The highest BCUT2D eigenvalue weighted by Crippen LogP contribution is 2.30. The lowest BCUT2D eigenvalue weighted by atomic mass is 10.3. The molecule has 8 heteroatoms. The second kappa shape index (κ2) is 6.06. The Hall–Kier alpha value is -1.86. The molecule has 1 aromatic carbocycles. The number of hydrogen-bond donors (Lipinski definition) is 1. The molecule has 0 aliphatic heterocycles. The fraction of sp³-hybridized carbons (Fsp3) is 0.167. The second-order valence-electron chi connectivity index (χ2n) is 3.89. The van der Waals surface area contributed by atoms with Gasteiger partial charge in [0.05, 0.1) is 4.92 Å². The van der Waals surface area contributed by atoms with Crippen LogP contribution in [0.4, 0.5) is 17.2 Å². The van der Waals surface area contributed by atoms with E-state index in [0.717, 1.165) is 4.90 Å². The number of aryl methyl sites for hydroxylation is 1. The number of thioether (sulfide) groups is 1. The number of aromatic nitrogens is 2. The minimum Gasteiger partial charge on any atom is -0.334 e. The van der Waals surface area contributed by atoms with Gasteiger partial charge in [-0.05, 0) is 43.0 Å². The van der Waals surface area contributed by atoms with Crippen LogP contribution in [-0.2, 0) is 0 Å². The fourth-order valence-electron chi connectivity index (χ4n) is 1.68. The van der Waals surface area contributed by atoms with E-state index in [9.17, 15) is 10.1 Å². The molecule has 0 spiro atoms. The van der Waals surface area contributed by atoms with Gasteiger partial charge in [0.25, 0.3) is 0 Å². The Morgan fingerprint density at radius 2 is 2.15 bits per heavy atom. The van der Waals surface area contributed by atoms with Gasteiger partial charge >= 0.3 is 5.69 Å². The fourth-order valence-corrected chi connectivity index (χ4v) is 2.35. The molecule has 2 rings (SSSR count). The molecule has 2 aromatic rings. The van der Waals surface area contributed by atoms with Crippen molar-refractivity contribution < 1.29 is 4.92 Å². The number of hydrogen-bond acceptors (Lipinski definition) is 6. The Kier molecular flexibility index (Phi) is 4.41. The van der Waals surface area contributed by atoms with Crippen LogP contribution in [0.15, 0.2) is 29.2 Å². The number of rotatable bonds is 4. The van der Waals surface area contributed by atoms with Gasteiger partial charge in [-0.1, -0.05) is 6.07 Å². The van der Waals surface area contributed by atoms with Crippen LogP contribution in [0.3, 0.4) is 0 Å². The molecule has 0 saturated heterocycles. The van der Waals surface area contributed by atoms with Crippen LogP contribution in [0.2, 0.25) is 5.28 Å². The molecule has 1 aromatic heterocycles. The average Bonchev–Trinajstić information content (AvgIpc) is 2.37. The normalized spacial score (nSPS) is 10.3. The SMILES string of the molecule is CSc1cccc(Nc2nc(Cl)nc(C)c2[N+](=O)[O-])c1. The maximum absolute atomic E-state index is 11.1. The molecule has 0 atom stereocenters. The van der Waals surface area contributed by atoms with E-state index in [-0.39, 0.29) is 22.5 Å². The summed E-state index contributed by atoms with van der Waals surface area (Å²) in [4.78, 5) is 19.3. The zero-order valence-electron chi connectivity index (χ0n) is 10.8. The Labute approximate surface area is 124 Å². The van der Waals surface area contributed by atoms with E-state index in [1.54, 1.807) is 17.8 Å². The lowest BCUT2D eigenvalue weighted by Gasteiger charge is -2.08. The van der Waals surface area contributed by atoms with E-state index in [1.807, 2.05) is 24.5 Å². The molecular formula is C12H11ClN4O2S. The van der Waals surface area contributed by atoms with Crippen molar-refractivity contribution in [3.63, 3.8) is 0 Å². The zero-order chi connectivity index (χ0) is 14.7. The van der Waals surface area contributed by atoms with Crippen molar-refractivity contribution in [2.45, 2.75) is 11.8 Å². The Balaban J connectivity index is 2.44. The topological polar surface area (TPSA) is 81.0 Å². The molecule has 0 amide bonds. The molecule has 1 heterocycles. The summed E-state index contributed by atoms with van der Waals surface area (Å²) < 4.78 is 0. The van der Waals surface area contributed by atoms with Crippen LogP contribution in [-0.4, -0.2) is 21.1 Å². The summed E-state index contributed by atoms with van der Waals surface area (Å²) in [6, 6.07) is 7.48. The van der Waals surface area contributed by atoms with Crippen molar-refractivity contribution in [3.05, 3.63) is 45.4 Å². The van der Waals surface area contributed by atoms with E-state index < -0.39 is 4.92 Å². The Morgan fingerprint density at radius 1 is 1.40 bits per heavy atom. The first kappa shape index (κ1) is 14.5. The summed E-state index contributed by atoms with van der Waals surface area (Å²) in [6.45, 7) is 1.52. The lowest BCUT2D eigenvalue weighted by molar-refractivity contribution is -0.385. The van der Waals surface area contributed by atoms with Crippen molar-refractivity contribution in [1.29, 1.82) is 0 Å². The summed E-state index contributed by atoms with van der Waals surface area (Å²) in [6.07, 6.45) is 1.95. The molecule has 0 bridgehead atoms. The van der Waals surface area contributed by atoms with E-state index >= 15 is 0 Å². The minimum absolute atomic E-state index is 0.0309. The van der Waals surface area contributed by atoms with E-state index in [4.69, 9.17) is 11.6 Å². The van der Waals surface area contributed by atoms with E-state index in [1.165, 1.54) is 6.92 Å². The molecule has 0 saturated carbocycles. The van der Waals surface area contributed by atoms with Crippen LogP contribution in [0, 0.1) is 17.0 Å².